The van der Waals surface area contributed by atoms with Crippen molar-refractivity contribution in [1.29, 1.82) is 0 Å². The van der Waals surface area contributed by atoms with Crippen molar-refractivity contribution in [1.82, 2.24) is 30.5 Å². The number of allylic oxidation sites excluding steroid dienone is 2. The van der Waals surface area contributed by atoms with Crippen LogP contribution in [0.1, 0.15) is 49.0 Å². The van der Waals surface area contributed by atoms with Crippen LogP contribution in [0.2, 0.25) is 10.0 Å². The number of hydrogen-bond donors (Lipinski definition) is 3. The number of aliphatic carboxylic acids is 1. The fourth-order valence-corrected chi connectivity index (χ4v) is 5.99. The average molecular weight is 590 g/mol. The van der Waals surface area contributed by atoms with E-state index in [-0.39, 0.29) is 21.4 Å². The molecule has 3 N–H and O–H groups in total. The van der Waals surface area contributed by atoms with Crippen LogP contribution >= 0.6 is 35.0 Å². The number of aryl methyl sites for hydroxylation is 1. The highest BCUT2D eigenvalue weighted by Gasteiger charge is 2.49. The minimum atomic E-state index is -1.06. The van der Waals surface area contributed by atoms with E-state index in [2.05, 4.69) is 31.1 Å². The molecule has 4 rings (SSSR count). The molecule has 3 aromatic rings. The average Bonchev–Trinajstić information content (AvgIpc) is 3.29. The Kier molecular flexibility index (Phi) is 8.28. The summed E-state index contributed by atoms with van der Waals surface area (Å²) in [5, 5.41) is 28.0. The van der Waals surface area contributed by atoms with Crippen molar-refractivity contribution in [3.8, 4) is 0 Å². The van der Waals surface area contributed by atoms with Crippen molar-refractivity contribution < 1.29 is 19.5 Å². The third-order valence-electron chi connectivity index (χ3n) is 6.49. The highest BCUT2D eigenvalue weighted by molar-refractivity contribution is 8.04. The first-order valence-electron chi connectivity index (χ1n) is 11.8. The molecule has 39 heavy (non-hydrogen) atoms. The van der Waals surface area contributed by atoms with Gasteiger partial charge < -0.3 is 15.7 Å². The first-order valence-corrected chi connectivity index (χ1v) is 13.4. The predicted molar refractivity (Wildman–Crippen MR) is 147 cm³/mol. The molecule has 0 saturated heterocycles. The molecule has 2 aromatic heterocycles. The van der Waals surface area contributed by atoms with Crippen LogP contribution in [-0.4, -0.2) is 54.0 Å². The van der Waals surface area contributed by atoms with Crippen molar-refractivity contribution in [3.63, 3.8) is 0 Å². The topological polar surface area (TPSA) is 152 Å². The maximum atomic E-state index is 12.9. The summed E-state index contributed by atoms with van der Waals surface area (Å²) in [6.07, 6.45) is 3.16. The molecular formula is C25H25Cl2N7O4S. The Bertz CT molecular complexity index is 1450. The summed E-state index contributed by atoms with van der Waals surface area (Å²) in [6, 6.07) is 5.83. The number of rotatable bonds is 10. The third-order valence-corrected chi connectivity index (χ3v) is 8.18. The number of halogens is 2. The first kappa shape index (κ1) is 28.5. The van der Waals surface area contributed by atoms with Gasteiger partial charge in [0.2, 0.25) is 5.16 Å². The van der Waals surface area contributed by atoms with E-state index in [1.165, 1.54) is 17.1 Å². The molecule has 0 saturated carbocycles. The van der Waals surface area contributed by atoms with Crippen LogP contribution in [0.15, 0.2) is 52.4 Å². The van der Waals surface area contributed by atoms with E-state index in [0.29, 0.717) is 27.9 Å². The smallest absolute Gasteiger partial charge is 0.326 e. The van der Waals surface area contributed by atoms with Crippen molar-refractivity contribution in [3.05, 3.63) is 68.4 Å². The number of aromatic nitrogens is 5. The number of pyridine rings is 1. The fraction of sp³-hybridized carbons (Fsp3) is 0.320. The minimum Gasteiger partial charge on any atom is -0.480 e. The van der Waals surface area contributed by atoms with Gasteiger partial charge >= 0.3 is 5.97 Å². The number of thioether (sulfide) groups is 1. The van der Waals surface area contributed by atoms with E-state index >= 15 is 0 Å². The number of nitrogens with one attached hydrogen (secondary N) is 2. The SMILES string of the molecule is CCC(c1ccc(NC(=O)c2c(Cl)cncc2Cl)cc1)[C@H](NC1=C(Sc2nnnn2C)C(=O)C1(C)C)C(=O)O. The number of benzene rings is 1. The summed E-state index contributed by atoms with van der Waals surface area (Å²) in [7, 11) is 1.66. The Morgan fingerprint density at radius 1 is 1.15 bits per heavy atom. The van der Waals surface area contributed by atoms with E-state index in [0.717, 1.165) is 17.3 Å². The van der Waals surface area contributed by atoms with Crippen LogP contribution in [0.25, 0.3) is 0 Å². The van der Waals surface area contributed by atoms with Crippen molar-refractivity contribution >= 4 is 58.3 Å². The Morgan fingerprint density at radius 2 is 1.79 bits per heavy atom. The molecule has 0 bridgehead atoms. The molecule has 11 nitrogen and oxygen atoms in total. The maximum absolute atomic E-state index is 12.9. The molecule has 14 heteroatoms. The number of carbonyl (C=O) groups is 3. The van der Waals surface area contributed by atoms with Crippen LogP contribution in [0.5, 0.6) is 0 Å². The van der Waals surface area contributed by atoms with Crippen LogP contribution in [0.3, 0.4) is 0 Å². The lowest BCUT2D eigenvalue weighted by Crippen LogP contribution is -2.51. The zero-order valence-corrected chi connectivity index (χ0v) is 23.7. The summed E-state index contributed by atoms with van der Waals surface area (Å²) in [4.78, 5) is 42.2. The van der Waals surface area contributed by atoms with Gasteiger partial charge in [-0.05, 0) is 60.2 Å². The van der Waals surface area contributed by atoms with Gasteiger partial charge in [0.05, 0.1) is 25.9 Å². The summed E-state index contributed by atoms with van der Waals surface area (Å²) >= 11 is 13.3. The summed E-state index contributed by atoms with van der Waals surface area (Å²) < 4.78 is 1.44. The quantitative estimate of drug-likeness (QED) is 0.311. The molecule has 0 radical (unpaired) electrons. The van der Waals surface area contributed by atoms with Gasteiger partial charge in [-0.1, -0.05) is 42.3 Å². The molecule has 0 fully saturated rings. The van der Waals surface area contributed by atoms with Gasteiger partial charge in [0.15, 0.2) is 5.78 Å². The van der Waals surface area contributed by atoms with Gasteiger partial charge in [0.1, 0.15) is 6.04 Å². The Morgan fingerprint density at radius 3 is 2.33 bits per heavy atom. The lowest BCUT2D eigenvalue weighted by Gasteiger charge is -2.41. The molecule has 1 unspecified atom stereocenters. The summed E-state index contributed by atoms with van der Waals surface area (Å²) in [6.45, 7) is 5.38. The molecule has 1 amide bonds. The Labute approximate surface area is 238 Å². The van der Waals surface area contributed by atoms with Crippen molar-refractivity contribution in [2.24, 2.45) is 12.5 Å². The largest absolute Gasteiger partial charge is 0.480 e. The van der Waals surface area contributed by atoms with Gasteiger partial charge in [-0.3, -0.25) is 14.6 Å². The molecule has 1 aliphatic carbocycles. The zero-order valence-electron chi connectivity index (χ0n) is 21.4. The standard InChI is InChI=1S/C25H25Cl2N7O4S/c1-5-14(12-6-8-13(9-7-12)29-22(36)17-15(26)10-28-11-16(17)27)18(23(37)38)30-20-19(21(35)25(20,2)3)39-24-31-32-33-34(24)4/h6-11,14,18,30H,5H2,1-4H3,(H,29,36)(H,37,38)/t14?,18-/m0/s1. The fourth-order valence-electron chi connectivity index (χ4n) is 4.26. The maximum Gasteiger partial charge on any atom is 0.326 e. The lowest BCUT2D eigenvalue weighted by molar-refractivity contribution is -0.140. The van der Waals surface area contributed by atoms with Crippen LogP contribution < -0.4 is 10.6 Å². The second kappa shape index (κ2) is 11.3. The number of hydrogen-bond acceptors (Lipinski definition) is 9. The Balaban J connectivity index is 1.56. The van der Waals surface area contributed by atoms with Gasteiger partial charge in [0.25, 0.3) is 5.91 Å². The number of amides is 1. The van der Waals surface area contributed by atoms with Gasteiger partial charge in [-0.15, -0.1) is 5.10 Å². The number of Topliss-reactive ketones (excluding diaryl/α,β-unsaturated/α-hetero) is 1. The van der Waals surface area contributed by atoms with Gasteiger partial charge in [0, 0.05) is 36.7 Å². The van der Waals surface area contributed by atoms with Crippen LogP contribution in [0, 0.1) is 5.41 Å². The highest BCUT2D eigenvalue weighted by Crippen LogP contribution is 2.48. The Hall–Kier alpha value is -3.48. The molecule has 0 spiro atoms. The zero-order chi connectivity index (χ0) is 28.5. The lowest BCUT2D eigenvalue weighted by atomic mass is 9.73. The minimum absolute atomic E-state index is 0.107. The van der Waals surface area contributed by atoms with E-state index in [1.807, 2.05) is 6.92 Å². The first-order chi connectivity index (χ1) is 18.4. The number of tetrazole rings is 1. The number of carbonyl (C=O) groups excluding carboxylic acids is 2. The normalized spacial score (nSPS) is 15.9. The van der Waals surface area contributed by atoms with E-state index in [4.69, 9.17) is 23.2 Å². The number of nitrogens with zero attached hydrogens (tertiary/aromatic N) is 5. The van der Waals surface area contributed by atoms with Gasteiger partial charge in [-0.2, -0.15) is 0 Å². The third kappa shape index (κ3) is 5.63. The number of carboxylic acids is 1. The van der Waals surface area contributed by atoms with Crippen LogP contribution in [-0.2, 0) is 16.6 Å². The molecule has 1 aliphatic rings. The summed E-state index contributed by atoms with van der Waals surface area (Å²) in [5.74, 6) is -2.12. The van der Waals surface area contributed by atoms with Gasteiger partial charge in [-0.25, -0.2) is 9.48 Å². The molecule has 2 atom stereocenters. The van der Waals surface area contributed by atoms with E-state index in [1.54, 1.807) is 45.2 Å². The number of carboxylic acid groups (broad SMARTS) is 1. The number of anilines is 1. The van der Waals surface area contributed by atoms with E-state index < -0.39 is 29.3 Å². The molecule has 2 heterocycles. The van der Waals surface area contributed by atoms with Crippen molar-refractivity contribution in [2.45, 2.75) is 44.3 Å². The highest BCUT2D eigenvalue weighted by atomic mass is 35.5. The number of ketones is 1. The molecule has 204 valence electrons. The predicted octanol–water partition coefficient (Wildman–Crippen LogP) is 4.31. The second-order valence-electron chi connectivity index (χ2n) is 9.37. The monoisotopic (exact) mass is 589 g/mol. The van der Waals surface area contributed by atoms with Crippen LogP contribution in [0.4, 0.5) is 5.69 Å². The molecule has 1 aromatic carbocycles. The van der Waals surface area contributed by atoms with E-state index in [9.17, 15) is 19.5 Å². The summed E-state index contributed by atoms with van der Waals surface area (Å²) in [5.41, 5.74) is 0.972. The second-order valence-corrected chi connectivity index (χ2v) is 11.2. The van der Waals surface area contributed by atoms with Crippen molar-refractivity contribution in [2.75, 3.05) is 5.32 Å². The molecule has 0 aliphatic heterocycles. The molecular weight excluding hydrogens is 565 g/mol.